The van der Waals surface area contributed by atoms with Crippen LogP contribution in [0.1, 0.15) is 72.1 Å². The third kappa shape index (κ3) is 4.10. The van der Waals surface area contributed by atoms with Gasteiger partial charge in [-0.25, -0.2) is 0 Å². The number of hydrogen-bond acceptors (Lipinski definition) is 1. The van der Waals surface area contributed by atoms with Gasteiger partial charge < -0.3 is 0 Å². The van der Waals surface area contributed by atoms with Crippen molar-refractivity contribution in [3.63, 3.8) is 0 Å². The van der Waals surface area contributed by atoms with Gasteiger partial charge in [0, 0.05) is 0 Å². The zero-order valence-electron chi connectivity index (χ0n) is 15.2. The number of allylic oxidation sites excluding steroid dienone is 1. The van der Waals surface area contributed by atoms with Crippen LogP contribution in [0, 0.1) is 11.1 Å². The summed E-state index contributed by atoms with van der Waals surface area (Å²) in [4.78, 5) is 0. The minimum absolute atomic E-state index is 0.129. The van der Waals surface area contributed by atoms with E-state index in [1.165, 1.54) is 55.5 Å². The molecule has 3 aliphatic rings. The maximum atomic E-state index is 13.5. The number of quaternary nitrogens is 1. The third-order valence-corrected chi connectivity index (χ3v) is 22.1. The van der Waals surface area contributed by atoms with Crippen LogP contribution in [0.2, 0.25) is 13.3 Å². The number of fused-ring (bicyclic) bond motifs is 2. The fourth-order valence-electron chi connectivity index (χ4n) is 4.69. The second-order valence-corrected chi connectivity index (χ2v) is 20.9. The molecule has 3 aliphatic heterocycles. The topological polar surface area (TPSA) is 23.1 Å². The van der Waals surface area contributed by atoms with Crippen LogP contribution in [0.15, 0.2) is 9.79 Å². The number of hydrogen-bond donors (Lipinski definition) is 0. The summed E-state index contributed by atoms with van der Waals surface area (Å²) in [7, 11) is 0. The van der Waals surface area contributed by atoms with Crippen molar-refractivity contribution in [3.05, 3.63) is 15.0 Å². The molecule has 3 heteroatoms. The van der Waals surface area contributed by atoms with Gasteiger partial charge in [0.2, 0.25) is 0 Å². The predicted molar refractivity (Wildman–Crippen MR) is 99.1 cm³/mol. The Morgan fingerprint density at radius 3 is 1.77 bits per heavy atom. The van der Waals surface area contributed by atoms with E-state index < -0.39 is 18.4 Å². The molecule has 1 fully saturated rings. The van der Waals surface area contributed by atoms with Crippen molar-refractivity contribution in [2.24, 2.45) is 5.92 Å². The van der Waals surface area contributed by atoms with E-state index in [2.05, 4.69) is 26.8 Å². The van der Waals surface area contributed by atoms with Gasteiger partial charge in [0.05, 0.1) is 0 Å². The van der Waals surface area contributed by atoms with E-state index in [9.17, 15) is 5.21 Å². The van der Waals surface area contributed by atoms with E-state index in [4.69, 9.17) is 0 Å². The Morgan fingerprint density at radius 2 is 1.41 bits per heavy atom. The summed E-state index contributed by atoms with van der Waals surface area (Å²) in [6, 6.07) is 0. The van der Waals surface area contributed by atoms with Crippen LogP contribution in [-0.2, 0) is 0 Å². The quantitative estimate of drug-likeness (QED) is 0.244. The van der Waals surface area contributed by atoms with Gasteiger partial charge in [0.1, 0.15) is 0 Å². The molecule has 0 atom stereocenters. The molecule has 0 radical (unpaired) electrons. The number of nitrogens with zero attached hydrogens (tertiary/aromatic N) is 1. The Bertz CT molecular complexity index is 350. The Balaban J connectivity index is 2.31. The van der Waals surface area contributed by atoms with Gasteiger partial charge in [-0.2, -0.15) is 0 Å². The van der Waals surface area contributed by atoms with Crippen LogP contribution in [0.4, 0.5) is 0 Å². The normalized spacial score (nSPS) is 28.0. The molecule has 3 heterocycles. The van der Waals surface area contributed by atoms with Crippen LogP contribution < -0.4 is 0 Å². The summed E-state index contributed by atoms with van der Waals surface area (Å²) in [6.07, 6.45) is 12.8. The van der Waals surface area contributed by atoms with E-state index in [-0.39, 0.29) is 4.65 Å². The fourth-order valence-corrected chi connectivity index (χ4v) is 22.6. The maximum absolute atomic E-state index is 13.5. The van der Waals surface area contributed by atoms with E-state index in [0.717, 1.165) is 31.8 Å². The molecule has 0 aromatic rings. The molecule has 2 nitrogen and oxygen atoms in total. The van der Waals surface area contributed by atoms with Crippen LogP contribution in [0.25, 0.3) is 0 Å². The molecule has 2 bridgehead atoms. The molecular weight excluding hydrogens is 377 g/mol. The molecule has 0 aromatic heterocycles. The van der Waals surface area contributed by atoms with Crippen LogP contribution in [-0.4, -0.2) is 36.1 Å². The van der Waals surface area contributed by atoms with Gasteiger partial charge in [-0.05, 0) is 0 Å². The summed E-state index contributed by atoms with van der Waals surface area (Å²) >= 11 is -2.47. The van der Waals surface area contributed by atoms with Gasteiger partial charge >= 0.3 is 142 Å². The second-order valence-electron chi connectivity index (χ2n) is 7.82. The average molecular weight is 414 g/mol. The molecule has 128 valence electrons. The van der Waals surface area contributed by atoms with Gasteiger partial charge in [-0.1, -0.05) is 0 Å². The van der Waals surface area contributed by atoms with E-state index >= 15 is 0 Å². The molecule has 0 aromatic carbocycles. The minimum atomic E-state index is -2.47. The van der Waals surface area contributed by atoms with Crippen molar-refractivity contribution in [1.82, 2.24) is 0 Å². The predicted octanol–water partition coefficient (Wildman–Crippen LogP) is 6.00. The molecule has 3 rings (SSSR count). The molecule has 0 unspecified atom stereocenters. The number of piperidine rings is 1. The Hall–Kier alpha value is 0.459. The molecular formula is C19H37NOSn. The Morgan fingerprint density at radius 1 is 0.955 bits per heavy atom. The Labute approximate surface area is 142 Å². The van der Waals surface area contributed by atoms with Crippen molar-refractivity contribution in [2.75, 3.05) is 13.1 Å². The van der Waals surface area contributed by atoms with Crippen LogP contribution in [0.3, 0.4) is 0 Å². The third-order valence-electron chi connectivity index (χ3n) is 6.12. The summed E-state index contributed by atoms with van der Waals surface area (Å²) in [6.45, 7) is 8.76. The Kier molecular flexibility index (Phi) is 7.28. The summed E-state index contributed by atoms with van der Waals surface area (Å²) in [5, 5.41) is 13.5. The first-order valence-electron chi connectivity index (χ1n) is 9.91. The zero-order chi connectivity index (χ0) is 16.1. The zero-order valence-corrected chi connectivity index (χ0v) is 18.1. The first-order valence-corrected chi connectivity index (χ1v) is 17.4. The van der Waals surface area contributed by atoms with Gasteiger partial charge in [-0.15, -0.1) is 0 Å². The van der Waals surface area contributed by atoms with E-state index in [1.807, 2.05) is 0 Å². The number of hydroxylamine groups is 3. The van der Waals surface area contributed by atoms with E-state index in [0.29, 0.717) is 0 Å². The molecule has 0 spiro atoms. The molecule has 0 amide bonds. The van der Waals surface area contributed by atoms with E-state index in [1.54, 1.807) is 0 Å². The SMILES string of the molecule is CCC[CH2][Sn]([CH2]CCC)([CH2]CCC)[C]1=CC2CC[N+]1([O-])CC2. The van der Waals surface area contributed by atoms with Crippen molar-refractivity contribution in [1.29, 1.82) is 0 Å². The molecule has 0 N–H and O–H groups in total. The van der Waals surface area contributed by atoms with Crippen molar-refractivity contribution in [2.45, 2.75) is 85.4 Å². The van der Waals surface area contributed by atoms with Crippen molar-refractivity contribution < 1.29 is 4.65 Å². The monoisotopic (exact) mass is 415 g/mol. The molecule has 0 aliphatic carbocycles. The molecule has 0 saturated carbocycles. The summed E-state index contributed by atoms with van der Waals surface area (Å²) in [5.74, 6) is 0.755. The number of rotatable bonds is 10. The molecule has 1 saturated heterocycles. The standard InChI is InChI=1S/C7H10NO.3C4H9.Sn/c9-8-4-1-7(2-5-8)3-6-8;3*1-3-4-2;/h1,7H,2-3,5-6H2;3*1,3-4H2,2H3;. The van der Waals surface area contributed by atoms with Gasteiger partial charge in [0.25, 0.3) is 0 Å². The summed E-state index contributed by atoms with van der Waals surface area (Å²) in [5.41, 5.74) is 0. The van der Waals surface area contributed by atoms with Crippen molar-refractivity contribution in [3.8, 4) is 0 Å². The van der Waals surface area contributed by atoms with Crippen molar-refractivity contribution >= 4 is 18.4 Å². The molecule has 22 heavy (non-hydrogen) atoms. The van der Waals surface area contributed by atoms with Gasteiger partial charge in [-0.3, -0.25) is 0 Å². The first-order chi connectivity index (χ1) is 10.6. The fraction of sp³-hybridized carbons (Fsp3) is 0.895. The van der Waals surface area contributed by atoms with Crippen LogP contribution >= 0.6 is 0 Å². The second kappa shape index (κ2) is 8.53. The average Bonchev–Trinajstić information content (AvgIpc) is 2.55. The van der Waals surface area contributed by atoms with Crippen LogP contribution in [0.5, 0.6) is 0 Å². The first kappa shape index (κ1) is 18.8. The van der Waals surface area contributed by atoms with Gasteiger partial charge in [0.15, 0.2) is 0 Å². The number of unbranched alkanes of at least 4 members (excludes halogenated alkanes) is 3. The summed E-state index contributed by atoms with van der Waals surface area (Å²) < 4.78 is 6.00.